The second-order valence-corrected chi connectivity index (χ2v) is 5.66. The highest BCUT2D eigenvalue weighted by Crippen LogP contribution is 2.30. The maximum absolute atomic E-state index is 12.7. The van der Waals surface area contributed by atoms with Crippen LogP contribution >= 0.6 is 0 Å². The summed E-state index contributed by atoms with van der Waals surface area (Å²) in [5.41, 5.74) is 3.29. The van der Waals surface area contributed by atoms with Gasteiger partial charge < -0.3 is 14.8 Å². The predicted octanol–water partition coefficient (Wildman–Crippen LogP) is 5.01. The second kappa shape index (κ2) is 8.21. The summed E-state index contributed by atoms with van der Waals surface area (Å²) in [6.07, 6.45) is 0. The van der Waals surface area contributed by atoms with E-state index in [1.807, 2.05) is 61.5 Å². The van der Waals surface area contributed by atoms with Gasteiger partial charge in [0.2, 0.25) is 0 Å². The van der Waals surface area contributed by atoms with Crippen molar-refractivity contribution in [3.05, 3.63) is 78.4 Å². The molecule has 0 saturated carbocycles. The van der Waals surface area contributed by atoms with Gasteiger partial charge in [0.15, 0.2) is 11.5 Å². The van der Waals surface area contributed by atoms with Crippen LogP contribution in [-0.2, 0) is 0 Å². The predicted molar refractivity (Wildman–Crippen MR) is 104 cm³/mol. The van der Waals surface area contributed by atoms with Gasteiger partial charge in [0, 0.05) is 16.8 Å². The highest BCUT2D eigenvalue weighted by atomic mass is 16.5. The number of benzene rings is 3. The SMILES string of the molecule is CCOc1ccc(C(=O)Nc2ccccc2-c2ccccc2)cc1OC. The Labute approximate surface area is 153 Å². The van der Waals surface area contributed by atoms with Crippen molar-refractivity contribution >= 4 is 11.6 Å². The number of anilines is 1. The van der Waals surface area contributed by atoms with Crippen LogP contribution in [0.5, 0.6) is 11.5 Å². The second-order valence-electron chi connectivity index (χ2n) is 5.66. The summed E-state index contributed by atoms with van der Waals surface area (Å²) < 4.78 is 10.8. The molecule has 0 saturated heterocycles. The van der Waals surface area contributed by atoms with Crippen LogP contribution in [0.3, 0.4) is 0 Å². The summed E-state index contributed by atoms with van der Waals surface area (Å²) in [4.78, 5) is 12.7. The summed E-state index contributed by atoms with van der Waals surface area (Å²) >= 11 is 0. The van der Waals surface area contributed by atoms with E-state index in [2.05, 4.69) is 5.32 Å². The Morgan fingerprint density at radius 2 is 1.65 bits per heavy atom. The molecule has 0 atom stereocenters. The first-order valence-electron chi connectivity index (χ1n) is 8.49. The largest absolute Gasteiger partial charge is 0.493 e. The smallest absolute Gasteiger partial charge is 0.255 e. The average Bonchev–Trinajstić information content (AvgIpc) is 2.69. The van der Waals surface area contributed by atoms with E-state index in [1.54, 1.807) is 25.3 Å². The molecule has 26 heavy (non-hydrogen) atoms. The van der Waals surface area contributed by atoms with Crippen LogP contribution in [0.1, 0.15) is 17.3 Å². The number of carbonyl (C=O) groups is 1. The molecule has 0 fully saturated rings. The lowest BCUT2D eigenvalue weighted by Crippen LogP contribution is -2.13. The molecule has 3 rings (SSSR count). The highest BCUT2D eigenvalue weighted by molar-refractivity contribution is 6.06. The maximum atomic E-state index is 12.7. The minimum atomic E-state index is -0.199. The molecule has 0 aliphatic heterocycles. The molecule has 0 aliphatic rings. The van der Waals surface area contributed by atoms with Crippen molar-refractivity contribution in [2.45, 2.75) is 6.92 Å². The molecule has 1 amide bonds. The molecule has 0 bridgehead atoms. The van der Waals surface area contributed by atoms with Gasteiger partial charge in [-0.15, -0.1) is 0 Å². The Balaban J connectivity index is 1.87. The number of para-hydroxylation sites is 1. The minimum Gasteiger partial charge on any atom is -0.493 e. The van der Waals surface area contributed by atoms with Gasteiger partial charge in [-0.05, 0) is 36.8 Å². The summed E-state index contributed by atoms with van der Waals surface area (Å²) in [6, 6.07) is 22.9. The molecule has 4 heteroatoms. The zero-order valence-corrected chi connectivity index (χ0v) is 14.9. The fraction of sp³-hybridized carbons (Fsp3) is 0.136. The molecule has 0 unspecified atom stereocenters. The van der Waals surface area contributed by atoms with E-state index in [0.717, 1.165) is 16.8 Å². The number of hydrogen-bond acceptors (Lipinski definition) is 3. The van der Waals surface area contributed by atoms with Gasteiger partial charge in [-0.2, -0.15) is 0 Å². The molecule has 132 valence electrons. The first-order valence-corrected chi connectivity index (χ1v) is 8.49. The van der Waals surface area contributed by atoms with Crippen LogP contribution in [0.2, 0.25) is 0 Å². The fourth-order valence-corrected chi connectivity index (χ4v) is 2.74. The van der Waals surface area contributed by atoms with Gasteiger partial charge >= 0.3 is 0 Å². The van der Waals surface area contributed by atoms with Crippen molar-refractivity contribution < 1.29 is 14.3 Å². The van der Waals surface area contributed by atoms with E-state index in [1.165, 1.54) is 0 Å². The first kappa shape index (κ1) is 17.5. The zero-order valence-electron chi connectivity index (χ0n) is 14.9. The Morgan fingerprint density at radius 3 is 2.38 bits per heavy atom. The van der Waals surface area contributed by atoms with Gasteiger partial charge in [0.1, 0.15) is 0 Å². The van der Waals surface area contributed by atoms with E-state index in [4.69, 9.17) is 9.47 Å². The molecule has 3 aromatic rings. The van der Waals surface area contributed by atoms with Crippen LogP contribution in [0, 0.1) is 0 Å². The van der Waals surface area contributed by atoms with Crippen LogP contribution in [0.25, 0.3) is 11.1 Å². The van der Waals surface area contributed by atoms with E-state index in [0.29, 0.717) is 23.7 Å². The van der Waals surface area contributed by atoms with Gasteiger partial charge in [0.05, 0.1) is 13.7 Å². The third kappa shape index (κ3) is 3.86. The summed E-state index contributed by atoms with van der Waals surface area (Å²) in [6.45, 7) is 2.44. The van der Waals surface area contributed by atoms with Gasteiger partial charge in [-0.3, -0.25) is 4.79 Å². The van der Waals surface area contributed by atoms with Crippen LogP contribution in [-0.4, -0.2) is 19.6 Å². The summed E-state index contributed by atoms with van der Waals surface area (Å²) in [5, 5.41) is 2.99. The number of ether oxygens (including phenoxy) is 2. The quantitative estimate of drug-likeness (QED) is 0.681. The van der Waals surface area contributed by atoms with Crippen LogP contribution < -0.4 is 14.8 Å². The number of rotatable bonds is 6. The van der Waals surface area contributed by atoms with Crippen molar-refractivity contribution in [3.63, 3.8) is 0 Å². The van der Waals surface area contributed by atoms with Crippen molar-refractivity contribution in [3.8, 4) is 22.6 Å². The number of hydrogen-bond donors (Lipinski definition) is 1. The monoisotopic (exact) mass is 347 g/mol. The topological polar surface area (TPSA) is 47.6 Å². The Kier molecular flexibility index (Phi) is 5.54. The van der Waals surface area contributed by atoms with Crippen molar-refractivity contribution in [2.75, 3.05) is 19.0 Å². The Morgan fingerprint density at radius 1 is 0.923 bits per heavy atom. The van der Waals surface area contributed by atoms with E-state index in [-0.39, 0.29) is 5.91 Å². The molecule has 3 aromatic carbocycles. The molecule has 0 radical (unpaired) electrons. The van der Waals surface area contributed by atoms with Crippen molar-refractivity contribution in [2.24, 2.45) is 0 Å². The lowest BCUT2D eigenvalue weighted by molar-refractivity contribution is 0.102. The van der Waals surface area contributed by atoms with Crippen molar-refractivity contribution in [1.82, 2.24) is 0 Å². The lowest BCUT2D eigenvalue weighted by atomic mass is 10.0. The number of carbonyl (C=O) groups excluding carboxylic acids is 1. The molecular weight excluding hydrogens is 326 g/mol. The lowest BCUT2D eigenvalue weighted by Gasteiger charge is -2.13. The number of nitrogens with one attached hydrogen (secondary N) is 1. The molecule has 0 aromatic heterocycles. The molecule has 1 N–H and O–H groups in total. The van der Waals surface area contributed by atoms with Gasteiger partial charge in [0.25, 0.3) is 5.91 Å². The van der Waals surface area contributed by atoms with Crippen molar-refractivity contribution in [1.29, 1.82) is 0 Å². The maximum Gasteiger partial charge on any atom is 0.255 e. The average molecular weight is 347 g/mol. The van der Waals surface area contributed by atoms with E-state index < -0.39 is 0 Å². The fourth-order valence-electron chi connectivity index (χ4n) is 2.74. The molecule has 0 aliphatic carbocycles. The molecular formula is C22H21NO3. The van der Waals surface area contributed by atoms with Crippen LogP contribution in [0.15, 0.2) is 72.8 Å². The summed E-state index contributed by atoms with van der Waals surface area (Å²) in [7, 11) is 1.56. The number of amides is 1. The van der Waals surface area contributed by atoms with E-state index in [9.17, 15) is 4.79 Å². The summed E-state index contributed by atoms with van der Waals surface area (Å²) in [5.74, 6) is 0.960. The molecule has 0 heterocycles. The van der Waals surface area contributed by atoms with E-state index >= 15 is 0 Å². The first-order chi connectivity index (χ1) is 12.7. The normalized spacial score (nSPS) is 10.2. The standard InChI is InChI=1S/C22H21NO3/c1-3-26-20-14-13-17(15-21(20)25-2)22(24)23-19-12-8-7-11-18(19)16-9-5-4-6-10-16/h4-15H,3H2,1-2H3,(H,23,24). The highest BCUT2D eigenvalue weighted by Gasteiger charge is 2.13. The van der Waals surface area contributed by atoms with Gasteiger partial charge in [-0.1, -0.05) is 48.5 Å². The molecule has 0 spiro atoms. The third-order valence-corrected chi connectivity index (χ3v) is 3.99. The molecule has 4 nitrogen and oxygen atoms in total. The van der Waals surface area contributed by atoms with Gasteiger partial charge in [-0.25, -0.2) is 0 Å². The Hall–Kier alpha value is -3.27. The van der Waals surface area contributed by atoms with Crippen LogP contribution in [0.4, 0.5) is 5.69 Å². The third-order valence-electron chi connectivity index (χ3n) is 3.99. The Bertz CT molecular complexity index is 891. The number of methoxy groups -OCH3 is 1. The minimum absolute atomic E-state index is 0.199. The zero-order chi connectivity index (χ0) is 18.4.